The predicted octanol–water partition coefficient (Wildman–Crippen LogP) is 4.32. The highest BCUT2D eigenvalue weighted by Crippen LogP contribution is 2.54. The van der Waals surface area contributed by atoms with E-state index in [-0.39, 0.29) is 17.0 Å². The topological polar surface area (TPSA) is 15.6 Å². The van der Waals surface area contributed by atoms with Crippen LogP contribution in [0.3, 0.4) is 0 Å². The number of hydrogen-bond acceptors (Lipinski definition) is 4. The highest BCUT2D eigenvalue weighted by atomic mass is 79.9. The summed E-state index contributed by atoms with van der Waals surface area (Å²) in [5.74, 6) is 0. The monoisotopic (exact) mass is 356 g/mol. The highest BCUT2D eigenvalue weighted by molar-refractivity contribution is 8.93. The van der Waals surface area contributed by atoms with E-state index in [0.29, 0.717) is 5.41 Å². The van der Waals surface area contributed by atoms with Crippen molar-refractivity contribution in [2.24, 2.45) is 4.99 Å². The quantitative estimate of drug-likeness (QED) is 0.784. The Hall–Kier alpha value is -0.260. The van der Waals surface area contributed by atoms with Crippen molar-refractivity contribution in [3.05, 3.63) is 33.0 Å². The summed E-state index contributed by atoms with van der Waals surface area (Å²) in [6.07, 6.45) is 3.98. The molecule has 0 spiro atoms. The van der Waals surface area contributed by atoms with Gasteiger partial charge in [0, 0.05) is 22.5 Å². The second-order valence-electron chi connectivity index (χ2n) is 5.36. The Morgan fingerprint density at radius 2 is 2.21 bits per heavy atom. The molecule has 1 fully saturated rings. The molecule has 1 aromatic heterocycles. The molecule has 0 saturated heterocycles. The second kappa shape index (κ2) is 4.93. The number of allylic oxidation sites excluding steroid dienone is 1. The maximum Gasteiger partial charge on any atom is 0.167 e. The molecule has 0 amide bonds. The predicted molar refractivity (Wildman–Crippen MR) is 89.6 cm³/mol. The van der Waals surface area contributed by atoms with Gasteiger partial charge in [-0.15, -0.1) is 28.3 Å². The number of aliphatic imine (C=N–C) groups is 1. The fraction of sp³-hybridized carbons (Fsp3) is 0.500. The summed E-state index contributed by atoms with van der Waals surface area (Å²) in [5.41, 5.74) is 3.24. The van der Waals surface area contributed by atoms with Crippen LogP contribution in [-0.2, 0) is 5.41 Å². The molecule has 0 unspecified atom stereocenters. The molecule has 102 valence electrons. The third-order valence-corrected chi connectivity index (χ3v) is 6.42. The molecular formula is C14H17BrN2S2. The summed E-state index contributed by atoms with van der Waals surface area (Å²) in [6.45, 7) is 4.26. The molecule has 4 rings (SSSR count). The number of fused-ring (bicyclic) bond motifs is 1. The Morgan fingerprint density at radius 1 is 1.37 bits per heavy atom. The molecule has 5 heteroatoms. The third kappa shape index (κ3) is 1.93. The normalized spacial score (nSPS) is 23.3. The zero-order valence-electron chi connectivity index (χ0n) is 10.9. The highest BCUT2D eigenvalue weighted by Gasteiger charge is 2.48. The molecule has 1 saturated carbocycles. The maximum atomic E-state index is 4.58. The molecule has 0 radical (unpaired) electrons. The summed E-state index contributed by atoms with van der Waals surface area (Å²) in [4.78, 5) is 8.59. The molecule has 2 aliphatic heterocycles. The van der Waals surface area contributed by atoms with E-state index in [2.05, 4.69) is 33.7 Å². The average molecular weight is 357 g/mol. The van der Waals surface area contributed by atoms with Gasteiger partial charge in [-0.25, -0.2) is 0 Å². The zero-order valence-corrected chi connectivity index (χ0v) is 14.2. The van der Waals surface area contributed by atoms with Crippen molar-refractivity contribution in [2.75, 3.05) is 13.1 Å². The lowest BCUT2D eigenvalue weighted by atomic mass is 9.65. The first-order valence-corrected chi connectivity index (χ1v) is 8.30. The number of aryl methyl sites for hydroxylation is 1. The zero-order chi connectivity index (χ0) is 12.2. The molecule has 0 N–H and O–H groups in total. The van der Waals surface area contributed by atoms with Crippen molar-refractivity contribution in [3.63, 3.8) is 0 Å². The van der Waals surface area contributed by atoms with Crippen molar-refractivity contribution >= 4 is 45.2 Å². The Kier molecular flexibility index (Phi) is 3.56. The summed E-state index contributed by atoms with van der Waals surface area (Å²) in [7, 11) is 0. The van der Waals surface area contributed by atoms with Gasteiger partial charge in [0.2, 0.25) is 0 Å². The first-order chi connectivity index (χ1) is 8.79. The summed E-state index contributed by atoms with van der Waals surface area (Å²) in [5, 5.41) is 5.87. The number of nitrogens with zero attached hydrogens (tertiary/aromatic N) is 2. The number of thioether (sulfide) groups is 1. The molecule has 3 aliphatic rings. The van der Waals surface area contributed by atoms with Crippen LogP contribution in [0.25, 0.3) is 0 Å². The number of thiophene rings is 1. The summed E-state index contributed by atoms with van der Waals surface area (Å²) in [6, 6.07) is 2.39. The Bertz CT molecular complexity index is 558. The van der Waals surface area contributed by atoms with Crippen LogP contribution in [-0.4, -0.2) is 23.2 Å². The van der Waals surface area contributed by atoms with Gasteiger partial charge in [0.1, 0.15) is 0 Å². The largest absolute Gasteiger partial charge is 0.321 e. The van der Waals surface area contributed by atoms with Gasteiger partial charge in [0.25, 0.3) is 0 Å². The van der Waals surface area contributed by atoms with E-state index >= 15 is 0 Å². The lowest BCUT2D eigenvalue weighted by Gasteiger charge is -2.44. The van der Waals surface area contributed by atoms with Crippen molar-refractivity contribution in [1.82, 2.24) is 4.90 Å². The van der Waals surface area contributed by atoms with Crippen molar-refractivity contribution < 1.29 is 0 Å². The molecule has 1 aromatic rings. The van der Waals surface area contributed by atoms with Gasteiger partial charge in [0.15, 0.2) is 5.17 Å². The van der Waals surface area contributed by atoms with E-state index in [9.17, 15) is 0 Å². The van der Waals surface area contributed by atoms with Crippen LogP contribution in [0.2, 0.25) is 0 Å². The SMILES string of the molecule is Br.Cc1csc(C2(C3=CSC4=NCCN34)CCC2)c1. The van der Waals surface area contributed by atoms with Crippen LogP contribution >= 0.6 is 40.1 Å². The molecule has 19 heavy (non-hydrogen) atoms. The van der Waals surface area contributed by atoms with Crippen molar-refractivity contribution in [1.29, 1.82) is 0 Å². The van der Waals surface area contributed by atoms with E-state index in [1.54, 1.807) is 4.88 Å². The van der Waals surface area contributed by atoms with Gasteiger partial charge in [-0.3, -0.25) is 4.99 Å². The van der Waals surface area contributed by atoms with Crippen LogP contribution in [0.5, 0.6) is 0 Å². The summed E-state index contributed by atoms with van der Waals surface area (Å²) >= 11 is 3.75. The van der Waals surface area contributed by atoms with E-state index in [4.69, 9.17) is 0 Å². The summed E-state index contributed by atoms with van der Waals surface area (Å²) < 4.78 is 0. The van der Waals surface area contributed by atoms with Gasteiger partial charge in [0.05, 0.1) is 6.54 Å². The van der Waals surface area contributed by atoms with Crippen molar-refractivity contribution in [2.45, 2.75) is 31.6 Å². The maximum absolute atomic E-state index is 4.58. The van der Waals surface area contributed by atoms with E-state index in [1.165, 1.54) is 35.7 Å². The fourth-order valence-electron chi connectivity index (χ4n) is 3.14. The van der Waals surface area contributed by atoms with E-state index < -0.39 is 0 Å². The molecule has 1 aliphatic carbocycles. The smallest absolute Gasteiger partial charge is 0.167 e. The lowest BCUT2D eigenvalue weighted by molar-refractivity contribution is 0.257. The van der Waals surface area contributed by atoms with Crippen LogP contribution in [0, 0.1) is 6.92 Å². The molecule has 0 aromatic carbocycles. The third-order valence-electron chi connectivity index (χ3n) is 4.27. The molecular weight excluding hydrogens is 340 g/mol. The standard InChI is InChI=1S/C14H16N2S2.BrH/c1-10-7-12(17-8-10)14(3-2-4-14)11-9-18-13-15-5-6-16(11)13;/h7-9H,2-6H2,1H3;1H. The van der Waals surface area contributed by atoms with Gasteiger partial charge >= 0.3 is 0 Å². The first kappa shape index (κ1) is 13.7. The number of halogens is 1. The first-order valence-electron chi connectivity index (χ1n) is 6.54. The lowest BCUT2D eigenvalue weighted by Crippen LogP contribution is -2.42. The minimum Gasteiger partial charge on any atom is -0.321 e. The average Bonchev–Trinajstić information content (AvgIpc) is 2.94. The Balaban J connectivity index is 0.00000110. The fourth-order valence-corrected chi connectivity index (χ4v) is 5.36. The van der Waals surface area contributed by atoms with Crippen LogP contribution in [0.4, 0.5) is 0 Å². The number of amidine groups is 1. The van der Waals surface area contributed by atoms with Gasteiger partial charge < -0.3 is 4.90 Å². The Morgan fingerprint density at radius 3 is 2.84 bits per heavy atom. The number of rotatable bonds is 2. The van der Waals surface area contributed by atoms with E-state index in [1.807, 2.05) is 23.1 Å². The molecule has 0 bridgehead atoms. The van der Waals surface area contributed by atoms with Gasteiger partial charge in [-0.1, -0.05) is 18.2 Å². The molecule has 3 heterocycles. The van der Waals surface area contributed by atoms with Gasteiger partial charge in [-0.05, 0) is 42.2 Å². The van der Waals surface area contributed by atoms with Crippen LogP contribution in [0.1, 0.15) is 29.7 Å². The van der Waals surface area contributed by atoms with Crippen LogP contribution < -0.4 is 0 Å². The van der Waals surface area contributed by atoms with Gasteiger partial charge in [-0.2, -0.15) is 0 Å². The number of hydrogen-bond donors (Lipinski definition) is 0. The van der Waals surface area contributed by atoms with Crippen LogP contribution in [0.15, 0.2) is 27.5 Å². The van der Waals surface area contributed by atoms with Crippen molar-refractivity contribution in [3.8, 4) is 0 Å². The minimum absolute atomic E-state index is 0. The molecule has 0 atom stereocenters. The Labute approximate surface area is 132 Å². The molecule has 2 nitrogen and oxygen atoms in total. The minimum atomic E-state index is 0. The van der Waals surface area contributed by atoms with E-state index in [0.717, 1.165) is 13.1 Å². The second-order valence-corrected chi connectivity index (χ2v) is 7.11.